The van der Waals surface area contributed by atoms with Crippen LogP contribution in [-0.2, 0) is 9.05 Å². The van der Waals surface area contributed by atoms with E-state index in [1.54, 1.807) is 20.3 Å². The highest BCUT2D eigenvalue weighted by Crippen LogP contribution is 2.59. The molecule has 0 spiro atoms. The van der Waals surface area contributed by atoms with Crippen LogP contribution in [0.2, 0.25) is 0 Å². The van der Waals surface area contributed by atoms with Gasteiger partial charge >= 0.3 is 0 Å². The fourth-order valence-electron chi connectivity index (χ4n) is 1.13. The molecule has 0 heterocycles. The van der Waals surface area contributed by atoms with Crippen LogP contribution >= 0.6 is 49.7 Å². The fraction of sp³-hybridized carbons (Fsp3) is 0.647. The molecular weight excluding hydrogens is 480 g/mol. The lowest BCUT2D eigenvalue weighted by atomic mass is 10.3. The fourth-order valence-corrected chi connectivity index (χ4v) is 6.98. The number of hydrogen-bond acceptors (Lipinski definition) is 6. The molecule has 0 fully saturated rings. The van der Waals surface area contributed by atoms with E-state index in [-0.39, 0.29) is 21.5 Å². The molecule has 0 rings (SSSR count). The van der Waals surface area contributed by atoms with Gasteiger partial charge in [-0.05, 0) is 34.6 Å². The van der Waals surface area contributed by atoms with Gasteiger partial charge in [-0.15, -0.1) is 0 Å². The van der Waals surface area contributed by atoms with Crippen LogP contribution in [0.5, 0.6) is 0 Å². The van der Waals surface area contributed by atoms with E-state index in [0.717, 1.165) is 18.7 Å². The van der Waals surface area contributed by atoms with Crippen molar-refractivity contribution in [1.29, 1.82) is 0 Å². The predicted molar refractivity (Wildman–Crippen MR) is 149 cm³/mol. The Labute approximate surface area is 189 Å². The molecule has 6 atom stereocenters. The Bertz CT molecular complexity index is 454. The Morgan fingerprint density at radius 1 is 0.931 bits per heavy atom. The lowest BCUT2D eigenvalue weighted by Gasteiger charge is -2.11. The molecule has 12 heteroatoms. The van der Waals surface area contributed by atoms with E-state index in [1.165, 1.54) is 11.1 Å². The lowest BCUT2D eigenvalue weighted by Crippen LogP contribution is -2.05. The second-order valence-corrected chi connectivity index (χ2v) is 19.2. The minimum atomic E-state index is -0.274. The van der Waals surface area contributed by atoms with Crippen LogP contribution in [0, 0.1) is 0 Å². The molecule has 0 amide bonds. The molecule has 0 aromatic rings. The highest BCUT2D eigenvalue weighted by atomic mass is 32.4. The molecule has 0 aromatic carbocycles. The average Bonchev–Trinajstić information content (AvgIpc) is 2.71. The van der Waals surface area contributed by atoms with Crippen LogP contribution in [0.1, 0.15) is 34.6 Å². The summed E-state index contributed by atoms with van der Waals surface area (Å²) in [5.41, 5.74) is 9.00. The number of rotatable bonds is 12. The monoisotopic (exact) mass is 523 g/mol. The van der Waals surface area contributed by atoms with Crippen molar-refractivity contribution in [3.63, 3.8) is 0 Å². The van der Waals surface area contributed by atoms with Gasteiger partial charge in [0.15, 0.2) is 0 Å². The van der Waals surface area contributed by atoms with Crippen LogP contribution in [0.25, 0.3) is 0 Å². The first-order valence-electron chi connectivity index (χ1n) is 9.06. The number of aliphatic hydroxyl groups is 1. The highest BCUT2D eigenvalue weighted by Gasteiger charge is 1.99. The normalized spacial score (nSPS) is 15.2. The van der Waals surface area contributed by atoms with Gasteiger partial charge < -0.3 is 19.9 Å². The molecule has 0 aliphatic heterocycles. The van der Waals surface area contributed by atoms with Gasteiger partial charge in [0, 0.05) is 48.8 Å². The van der Waals surface area contributed by atoms with Gasteiger partial charge in [-0.25, -0.2) is 0 Å². The molecule has 0 bridgehead atoms. The Morgan fingerprint density at radius 3 is 1.62 bits per heavy atom. The van der Waals surface area contributed by atoms with Gasteiger partial charge in [0.25, 0.3) is 0 Å². The van der Waals surface area contributed by atoms with Crippen LogP contribution in [0.15, 0.2) is 34.9 Å². The van der Waals surface area contributed by atoms with Crippen molar-refractivity contribution in [3.8, 4) is 0 Å². The first kappa shape index (κ1) is 35.2. The number of hydrogen-bond donors (Lipinski definition) is 4. The minimum Gasteiger partial charge on any atom is -0.392 e. The van der Waals surface area contributed by atoms with Crippen molar-refractivity contribution < 1.29 is 14.2 Å². The van der Waals surface area contributed by atoms with E-state index in [2.05, 4.69) is 48.0 Å². The van der Waals surface area contributed by atoms with E-state index in [9.17, 15) is 0 Å². The maximum atomic E-state index is 8.58. The zero-order valence-electron chi connectivity index (χ0n) is 19.0. The molecule has 6 nitrogen and oxygen atoms in total. The lowest BCUT2D eigenvalue weighted by molar-refractivity contribution is 0.341. The molecule has 6 unspecified atom stereocenters. The number of nitrogens with two attached hydrogens (primary N) is 1. The standard InChI is InChI=1S/C6H16NO2P3.C6H16NOP3.C5H11N/c1-6(3-4-8)5-7-12(10)11-9-2;1-4-6(2)5-7-11(9)10-8-3;1-3-5(2)4-6/h3,7-8,11H,4-5,10H2,1-2H3;4,7,10H,5,9H2,1-3H3;3H,4,6H2,1-2H3/b6-3-;6-4-;5-3-. The van der Waals surface area contributed by atoms with Crippen molar-refractivity contribution in [2.24, 2.45) is 5.73 Å². The molecule has 0 aliphatic rings. The van der Waals surface area contributed by atoms with Gasteiger partial charge in [0.05, 0.1) is 23.6 Å². The molecule has 29 heavy (non-hydrogen) atoms. The molecule has 5 N–H and O–H groups in total. The van der Waals surface area contributed by atoms with E-state index in [0.29, 0.717) is 23.5 Å². The van der Waals surface area contributed by atoms with Crippen LogP contribution in [0.4, 0.5) is 0 Å². The SMILES string of the molecule is C/C=C(/C)CN.C/C=C(/C)CNP(P)POC.COPP(P)NC/C(C)=C\CO. The predicted octanol–water partition coefficient (Wildman–Crippen LogP) is 5.65. The third-order valence-electron chi connectivity index (χ3n) is 3.18. The second-order valence-electron chi connectivity index (χ2n) is 5.71. The number of aliphatic hydroxyl groups excluding tert-OH is 1. The maximum absolute atomic E-state index is 8.58. The van der Waals surface area contributed by atoms with E-state index in [1.807, 2.05) is 26.8 Å². The van der Waals surface area contributed by atoms with Gasteiger partial charge in [0.2, 0.25) is 0 Å². The molecule has 0 saturated heterocycles. The summed E-state index contributed by atoms with van der Waals surface area (Å²) in [5.74, 6) is 0. The summed E-state index contributed by atoms with van der Waals surface area (Å²) >= 11 is 0. The third-order valence-corrected chi connectivity index (χ3v) is 11.2. The Morgan fingerprint density at radius 2 is 1.34 bits per heavy atom. The zero-order valence-corrected chi connectivity index (χ0v) is 25.0. The van der Waals surface area contributed by atoms with Crippen molar-refractivity contribution in [1.82, 2.24) is 10.2 Å². The molecular formula is C17H43N3O3P6. The van der Waals surface area contributed by atoms with Gasteiger partial charge in [0.1, 0.15) is 0 Å². The van der Waals surface area contributed by atoms with Crippen molar-refractivity contribution >= 4 is 49.7 Å². The smallest absolute Gasteiger partial charge is 0.0615 e. The van der Waals surface area contributed by atoms with E-state index < -0.39 is 0 Å². The summed E-state index contributed by atoms with van der Waals surface area (Å²) in [6, 6.07) is 0. The quantitative estimate of drug-likeness (QED) is 0.195. The maximum Gasteiger partial charge on any atom is 0.0615 e. The third kappa shape index (κ3) is 31.8. The highest BCUT2D eigenvalue weighted by molar-refractivity contribution is 8.46. The summed E-state index contributed by atoms with van der Waals surface area (Å²) in [6.07, 6.45) is 5.94. The topological polar surface area (TPSA) is 88.8 Å². The second kappa shape index (κ2) is 27.6. The Hall–Kier alpha value is 1.56. The first-order valence-corrected chi connectivity index (χ1v) is 18.5. The number of nitrogens with one attached hydrogen (secondary N) is 2. The van der Waals surface area contributed by atoms with Crippen molar-refractivity contribution in [3.05, 3.63) is 34.9 Å². The molecule has 174 valence electrons. The summed E-state index contributed by atoms with van der Waals surface area (Å²) in [7, 11) is 9.59. The van der Waals surface area contributed by atoms with E-state index >= 15 is 0 Å². The van der Waals surface area contributed by atoms with Crippen LogP contribution in [0.3, 0.4) is 0 Å². The first-order chi connectivity index (χ1) is 13.7. The van der Waals surface area contributed by atoms with Gasteiger partial charge in [-0.3, -0.25) is 10.2 Å². The Kier molecular flexibility index (Phi) is 33.5. The zero-order chi connectivity index (χ0) is 23.1. The van der Waals surface area contributed by atoms with Crippen molar-refractivity contribution in [2.75, 3.05) is 40.5 Å². The van der Waals surface area contributed by atoms with Crippen LogP contribution in [-0.4, -0.2) is 45.6 Å². The molecule has 0 aromatic heterocycles. The summed E-state index contributed by atoms with van der Waals surface area (Å²) < 4.78 is 10.0. The summed E-state index contributed by atoms with van der Waals surface area (Å²) in [5, 5.41) is 15.3. The summed E-state index contributed by atoms with van der Waals surface area (Å²) in [6.45, 7) is 12.8. The summed E-state index contributed by atoms with van der Waals surface area (Å²) in [4.78, 5) is 0. The van der Waals surface area contributed by atoms with Gasteiger partial charge in [-0.1, -0.05) is 52.8 Å². The van der Waals surface area contributed by atoms with Crippen molar-refractivity contribution in [2.45, 2.75) is 34.6 Å². The minimum absolute atomic E-state index is 0.120. The molecule has 0 radical (unpaired) electrons. The van der Waals surface area contributed by atoms with Crippen LogP contribution < -0.4 is 15.9 Å². The Balaban J connectivity index is -0.000000369. The molecule has 0 aliphatic carbocycles. The average molecular weight is 523 g/mol. The molecule has 0 saturated carbocycles. The van der Waals surface area contributed by atoms with E-state index in [4.69, 9.17) is 19.9 Å². The van der Waals surface area contributed by atoms with Gasteiger partial charge in [-0.2, -0.15) is 0 Å². The largest absolute Gasteiger partial charge is 0.392 e. The number of allylic oxidation sites excluding steroid dienone is 2.